The van der Waals surface area contributed by atoms with Gasteiger partial charge in [0.15, 0.2) is 10.7 Å². The molecule has 0 aliphatic heterocycles. The number of thiazole rings is 1. The van der Waals surface area contributed by atoms with Crippen LogP contribution in [0.25, 0.3) is 21.7 Å². The lowest BCUT2D eigenvalue weighted by molar-refractivity contribution is -0.146. The average molecular weight is 423 g/mol. The average Bonchev–Trinajstić information content (AvgIpc) is 3.20. The van der Waals surface area contributed by atoms with Crippen molar-refractivity contribution in [3.05, 3.63) is 72.4 Å². The van der Waals surface area contributed by atoms with E-state index in [2.05, 4.69) is 5.32 Å². The van der Waals surface area contributed by atoms with Crippen molar-refractivity contribution in [3.8, 4) is 21.7 Å². The van der Waals surface area contributed by atoms with Crippen molar-refractivity contribution in [2.45, 2.75) is 13.8 Å². The molecule has 3 aromatic rings. The summed E-state index contributed by atoms with van der Waals surface area (Å²) in [5, 5.41) is 3.51. The highest BCUT2D eigenvalue weighted by molar-refractivity contribution is 7.19. The monoisotopic (exact) mass is 422 g/mol. The van der Waals surface area contributed by atoms with Gasteiger partial charge in [-0.2, -0.15) is 0 Å². The molecule has 1 N–H and O–H groups in total. The molecule has 3 rings (SSSR count). The maximum atomic E-state index is 12.1. The molecule has 1 heterocycles. The Morgan fingerprint density at radius 3 is 1.97 bits per heavy atom. The number of anilines is 1. The molecule has 0 unspecified atom stereocenters. The van der Waals surface area contributed by atoms with E-state index in [4.69, 9.17) is 14.5 Å². The van der Waals surface area contributed by atoms with Crippen molar-refractivity contribution < 1.29 is 19.1 Å². The first kappa shape index (κ1) is 21.3. The topological polar surface area (TPSA) is 77.5 Å². The van der Waals surface area contributed by atoms with E-state index in [-0.39, 0.29) is 18.8 Å². The van der Waals surface area contributed by atoms with Crippen LogP contribution in [0, 0.1) is 0 Å². The minimum Gasteiger partial charge on any atom is -0.462 e. The number of carbonyl (C=O) groups excluding carboxylic acids is 2. The summed E-state index contributed by atoms with van der Waals surface area (Å²) in [5.74, 6) is -1.49. The van der Waals surface area contributed by atoms with Gasteiger partial charge in [0.1, 0.15) is 0 Å². The summed E-state index contributed by atoms with van der Waals surface area (Å²) in [6.45, 7) is 3.66. The summed E-state index contributed by atoms with van der Waals surface area (Å²) in [4.78, 5) is 30.0. The van der Waals surface area contributed by atoms with Crippen molar-refractivity contribution in [3.63, 3.8) is 0 Å². The molecule has 0 saturated carbocycles. The highest BCUT2D eigenvalue weighted by Gasteiger charge is 2.22. The second-order valence-electron chi connectivity index (χ2n) is 6.07. The Labute approximate surface area is 179 Å². The number of aromatic nitrogens is 1. The van der Waals surface area contributed by atoms with Gasteiger partial charge in [0.2, 0.25) is 0 Å². The Morgan fingerprint density at radius 1 is 0.900 bits per heavy atom. The van der Waals surface area contributed by atoms with Gasteiger partial charge in [-0.1, -0.05) is 72.0 Å². The number of ether oxygens (including phenoxy) is 2. The molecular weight excluding hydrogens is 400 g/mol. The van der Waals surface area contributed by atoms with E-state index in [0.29, 0.717) is 5.13 Å². The summed E-state index contributed by atoms with van der Waals surface area (Å²) in [6, 6.07) is 19.8. The first-order valence-corrected chi connectivity index (χ1v) is 10.4. The lowest BCUT2D eigenvalue weighted by Gasteiger charge is -2.06. The molecular formula is C23H22N2O4S. The van der Waals surface area contributed by atoms with E-state index in [1.165, 1.54) is 17.5 Å². The fourth-order valence-corrected chi connectivity index (χ4v) is 3.67. The third-order valence-corrected chi connectivity index (χ3v) is 5.08. The molecule has 1 aromatic heterocycles. The standard InChI is InChI=1S/C23H22N2O4S/c1-3-28-21(26)18(22(27)29-4-2)15-24-23-25-19(16-11-7-5-8-12-16)20(30-23)17-13-9-6-10-14-17/h5-15H,3-4H2,1-2H3,(H,24,25). The molecule has 0 aliphatic rings. The smallest absolute Gasteiger partial charge is 0.347 e. The molecule has 0 aliphatic carbocycles. The van der Waals surface area contributed by atoms with Gasteiger partial charge >= 0.3 is 11.9 Å². The van der Waals surface area contributed by atoms with Crippen LogP contribution in [0.5, 0.6) is 0 Å². The number of hydrogen-bond acceptors (Lipinski definition) is 7. The van der Waals surface area contributed by atoms with Crippen LogP contribution in [-0.2, 0) is 19.1 Å². The number of rotatable bonds is 8. The van der Waals surface area contributed by atoms with Gasteiger partial charge in [-0.15, -0.1) is 0 Å². The first-order valence-electron chi connectivity index (χ1n) is 9.56. The predicted molar refractivity (Wildman–Crippen MR) is 118 cm³/mol. The van der Waals surface area contributed by atoms with E-state index in [9.17, 15) is 9.59 Å². The van der Waals surface area contributed by atoms with Crippen molar-refractivity contribution in [2.75, 3.05) is 18.5 Å². The van der Waals surface area contributed by atoms with Crippen LogP contribution in [0.2, 0.25) is 0 Å². The normalized spacial score (nSPS) is 10.2. The van der Waals surface area contributed by atoms with Gasteiger partial charge in [0.25, 0.3) is 0 Å². The zero-order chi connectivity index (χ0) is 21.3. The lowest BCUT2D eigenvalue weighted by atomic mass is 10.1. The third kappa shape index (κ3) is 5.12. The second kappa shape index (κ2) is 10.4. The van der Waals surface area contributed by atoms with E-state index in [1.54, 1.807) is 13.8 Å². The summed E-state index contributed by atoms with van der Waals surface area (Å²) < 4.78 is 9.92. The SMILES string of the molecule is CCOC(=O)C(=CNc1nc(-c2ccccc2)c(-c2ccccc2)s1)C(=O)OCC. The number of esters is 2. The number of nitrogens with one attached hydrogen (secondary N) is 1. The van der Waals surface area contributed by atoms with Gasteiger partial charge < -0.3 is 14.8 Å². The van der Waals surface area contributed by atoms with Gasteiger partial charge in [0, 0.05) is 11.8 Å². The van der Waals surface area contributed by atoms with Crippen LogP contribution in [0.1, 0.15) is 13.8 Å². The Bertz CT molecular complexity index is 953. The molecule has 30 heavy (non-hydrogen) atoms. The Balaban J connectivity index is 1.97. The Kier molecular flexibility index (Phi) is 7.34. The number of hydrogen-bond donors (Lipinski definition) is 1. The van der Waals surface area contributed by atoms with Crippen LogP contribution in [0.3, 0.4) is 0 Å². The molecule has 6 nitrogen and oxygen atoms in total. The van der Waals surface area contributed by atoms with E-state index in [0.717, 1.165) is 21.7 Å². The molecule has 154 valence electrons. The molecule has 0 radical (unpaired) electrons. The van der Waals surface area contributed by atoms with Gasteiger partial charge in [-0.3, -0.25) is 0 Å². The number of carbonyl (C=O) groups is 2. The predicted octanol–water partition coefficient (Wildman–Crippen LogP) is 4.90. The van der Waals surface area contributed by atoms with Crippen LogP contribution >= 0.6 is 11.3 Å². The van der Waals surface area contributed by atoms with Gasteiger partial charge in [-0.05, 0) is 19.4 Å². The van der Waals surface area contributed by atoms with Gasteiger partial charge in [0.05, 0.1) is 23.8 Å². The van der Waals surface area contributed by atoms with Crippen LogP contribution in [-0.4, -0.2) is 30.1 Å². The van der Waals surface area contributed by atoms with Crippen molar-refractivity contribution in [1.82, 2.24) is 4.98 Å². The van der Waals surface area contributed by atoms with E-state index >= 15 is 0 Å². The van der Waals surface area contributed by atoms with Gasteiger partial charge in [-0.25, -0.2) is 14.6 Å². The molecule has 0 bridgehead atoms. The lowest BCUT2D eigenvalue weighted by Crippen LogP contribution is -2.19. The summed E-state index contributed by atoms with van der Waals surface area (Å²) >= 11 is 1.43. The van der Waals surface area contributed by atoms with Crippen molar-refractivity contribution in [2.24, 2.45) is 0 Å². The molecule has 2 aromatic carbocycles. The zero-order valence-electron chi connectivity index (χ0n) is 16.8. The zero-order valence-corrected chi connectivity index (χ0v) is 17.6. The number of benzene rings is 2. The maximum Gasteiger partial charge on any atom is 0.347 e. The van der Waals surface area contributed by atoms with Crippen LogP contribution < -0.4 is 5.32 Å². The molecule has 0 spiro atoms. The Hall–Kier alpha value is -3.45. The molecule has 0 amide bonds. The third-order valence-electron chi connectivity index (χ3n) is 4.04. The molecule has 0 fully saturated rings. The van der Waals surface area contributed by atoms with Crippen LogP contribution in [0.4, 0.5) is 5.13 Å². The highest BCUT2D eigenvalue weighted by Crippen LogP contribution is 2.38. The summed E-state index contributed by atoms with van der Waals surface area (Å²) in [7, 11) is 0. The number of nitrogens with zero attached hydrogens (tertiary/aromatic N) is 1. The summed E-state index contributed by atoms with van der Waals surface area (Å²) in [5.41, 5.74) is 2.61. The fraction of sp³-hybridized carbons (Fsp3) is 0.174. The largest absolute Gasteiger partial charge is 0.462 e. The molecule has 7 heteroatoms. The fourth-order valence-electron chi connectivity index (χ4n) is 2.71. The first-order chi connectivity index (χ1) is 14.6. The molecule has 0 saturated heterocycles. The Morgan fingerprint density at radius 2 is 1.43 bits per heavy atom. The second-order valence-corrected chi connectivity index (χ2v) is 7.07. The quantitative estimate of drug-likeness (QED) is 0.241. The van der Waals surface area contributed by atoms with Crippen LogP contribution in [0.15, 0.2) is 72.4 Å². The minimum atomic E-state index is -0.744. The van der Waals surface area contributed by atoms with E-state index in [1.807, 2.05) is 60.7 Å². The molecule has 0 atom stereocenters. The van der Waals surface area contributed by atoms with Crippen molar-refractivity contribution in [1.29, 1.82) is 0 Å². The van der Waals surface area contributed by atoms with Crippen molar-refractivity contribution >= 4 is 28.4 Å². The van der Waals surface area contributed by atoms with E-state index < -0.39 is 11.9 Å². The summed E-state index contributed by atoms with van der Waals surface area (Å²) in [6.07, 6.45) is 1.29. The maximum absolute atomic E-state index is 12.1. The highest BCUT2D eigenvalue weighted by atomic mass is 32.1. The minimum absolute atomic E-state index is 0.156.